The molecule has 2 heterocycles. The number of hydrogen-bond acceptors (Lipinski definition) is 2. The predicted molar refractivity (Wildman–Crippen MR) is 42.3 cm³/mol. The predicted octanol–water partition coefficient (Wildman–Crippen LogP) is 2.04. The Hall–Kier alpha value is -0.0800. The lowest BCUT2D eigenvalue weighted by molar-refractivity contribution is -0.116. The number of fused-ring (bicyclic) bond motifs is 1. The first kappa shape index (κ1) is 6.39. The lowest BCUT2D eigenvalue weighted by Gasteiger charge is -2.31. The first-order valence-corrected chi connectivity index (χ1v) is 5.27. The van der Waals surface area contributed by atoms with Gasteiger partial charge in [0, 0.05) is 12.3 Å². The Morgan fingerprint density at radius 1 is 1.00 bits per heavy atom. The van der Waals surface area contributed by atoms with E-state index in [1.807, 2.05) is 0 Å². The molecule has 2 nitrogen and oxygen atoms in total. The minimum atomic E-state index is -0.0223. The molecule has 0 amide bonds. The van der Waals surface area contributed by atoms with E-state index in [-0.39, 0.29) is 11.6 Å². The van der Waals surface area contributed by atoms with E-state index >= 15 is 0 Å². The second-order valence-corrected chi connectivity index (χ2v) is 4.81. The SMILES string of the molecule is C1CCC2C(C1)CCC13OC21O3. The van der Waals surface area contributed by atoms with Crippen molar-refractivity contribution >= 4 is 0 Å². The summed E-state index contributed by atoms with van der Waals surface area (Å²) in [5.74, 6) is 1.65. The van der Waals surface area contributed by atoms with Gasteiger partial charge in [0.05, 0.1) is 0 Å². The van der Waals surface area contributed by atoms with Crippen LogP contribution in [0.3, 0.4) is 0 Å². The second kappa shape index (κ2) is 1.60. The van der Waals surface area contributed by atoms with Gasteiger partial charge in [-0.25, -0.2) is 0 Å². The van der Waals surface area contributed by atoms with Crippen LogP contribution < -0.4 is 0 Å². The van der Waals surface area contributed by atoms with Crippen LogP contribution >= 0.6 is 0 Å². The van der Waals surface area contributed by atoms with Crippen LogP contribution in [0.25, 0.3) is 0 Å². The Morgan fingerprint density at radius 3 is 2.75 bits per heavy atom. The van der Waals surface area contributed by atoms with E-state index in [2.05, 4.69) is 0 Å². The number of hydrogen-bond donors (Lipinski definition) is 0. The fourth-order valence-electron chi connectivity index (χ4n) is 3.59. The van der Waals surface area contributed by atoms with Gasteiger partial charge in [-0.05, 0) is 25.2 Å². The zero-order valence-corrected chi connectivity index (χ0v) is 7.21. The number of epoxide rings is 2. The third-order valence-corrected chi connectivity index (χ3v) is 4.32. The van der Waals surface area contributed by atoms with Crippen LogP contribution in [0.15, 0.2) is 0 Å². The molecule has 4 aliphatic rings. The lowest BCUT2D eigenvalue weighted by Crippen LogP contribution is -2.30. The molecule has 0 spiro atoms. The Morgan fingerprint density at radius 2 is 1.83 bits per heavy atom. The van der Waals surface area contributed by atoms with Gasteiger partial charge in [-0.15, -0.1) is 0 Å². The zero-order chi connectivity index (χ0) is 7.81. The lowest BCUT2D eigenvalue weighted by atomic mass is 9.71. The van der Waals surface area contributed by atoms with Crippen molar-refractivity contribution in [1.82, 2.24) is 0 Å². The molecule has 12 heavy (non-hydrogen) atoms. The van der Waals surface area contributed by atoms with Crippen LogP contribution in [0.4, 0.5) is 0 Å². The summed E-state index contributed by atoms with van der Waals surface area (Å²) in [7, 11) is 0. The fourth-order valence-corrected chi connectivity index (χ4v) is 3.59. The highest BCUT2D eigenvalue weighted by Crippen LogP contribution is 2.78. The van der Waals surface area contributed by atoms with Gasteiger partial charge < -0.3 is 9.47 Å². The van der Waals surface area contributed by atoms with Crippen molar-refractivity contribution < 1.29 is 9.47 Å². The maximum Gasteiger partial charge on any atom is 0.232 e. The Labute approximate surface area is 72.2 Å². The van der Waals surface area contributed by atoms with Gasteiger partial charge in [-0.1, -0.05) is 12.8 Å². The van der Waals surface area contributed by atoms with Crippen LogP contribution in [0.2, 0.25) is 0 Å². The van der Waals surface area contributed by atoms with Gasteiger partial charge in [0.2, 0.25) is 11.6 Å². The van der Waals surface area contributed by atoms with Crippen molar-refractivity contribution in [1.29, 1.82) is 0 Å². The molecule has 2 unspecified atom stereocenters. The highest BCUT2D eigenvalue weighted by molar-refractivity contribution is 5.24. The van der Waals surface area contributed by atoms with Gasteiger partial charge >= 0.3 is 0 Å². The van der Waals surface area contributed by atoms with Crippen molar-refractivity contribution in [3.8, 4) is 0 Å². The summed E-state index contributed by atoms with van der Waals surface area (Å²) < 4.78 is 11.4. The van der Waals surface area contributed by atoms with Crippen LogP contribution in [0.1, 0.15) is 38.5 Å². The van der Waals surface area contributed by atoms with Crippen molar-refractivity contribution in [2.45, 2.75) is 50.1 Å². The third-order valence-electron chi connectivity index (χ3n) is 4.32. The normalized spacial score (nSPS) is 66.0. The molecule has 0 N–H and O–H groups in total. The monoisotopic (exact) mass is 166 g/mol. The quantitative estimate of drug-likeness (QED) is 0.514. The molecule has 4 fully saturated rings. The molecule has 66 valence electrons. The highest BCUT2D eigenvalue weighted by Gasteiger charge is 2.94. The van der Waals surface area contributed by atoms with Crippen molar-refractivity contribution in [2.75, 3.05) is 0 Å². The molecule has 4 rings (SSSR count). The van der Waals surface area contributed by atoms with Crippen LogP contribution in [0.5, 0.6) is 0 Å². The third kappa shape index (κ3) is 0.495. The van der Waals surface area contributed by atoms with Crippen molar-refractivity contribution in [2.24, 2.45) is 11.8 Å². The number of rotatable bonds is 0. The Balaban J connectivity index is 1.69. The molecule has 2 heteroatoms. The molecule has 2 aliphatic carbocycles. The molecule has 0 aromatic heterocycles. The first-order valence-electron chi connectivity index (χ1n) is 5.27. The number of ether oxygens (including phenoxy) is 2. The summed E-state index contributed by atoms with van der Waals surface area (Å²) in [6.45, 7) is 0. The Bertz CT molecular complexity index is 242. The average molecular weight is 166 g/mol. The van der Waals surface area contributed by atoms with E-state index in [4.69, 9.17) is 9.47 Å². The summed E-state index contributed by atoms with van der Waals surface area (Å²) in [5, 5.41) is 0. The highest BCUT2D eigenvalue weighted by atomic mass is 17.0. The first-order chi connectivity index (χ1) is 5.86. The molecule has 2 saturated carbocycles. The standard InChI is InChI=1S/C10H14O2/c1-2-4-8-7(3-1)5-6-9-10(8,11-9)12-9/h7-8H,1-6H2. The molecule has 0 aromatic carbocycles. The van der Waals surface area contributed by atoms with Crippen molar-refractivity contribution in [3.05, 3.63) is 0 Å². The molecular weight excluding hydrogens is 152 g/mol. The van der Waals surface area contributed by atoms with Crippen LogP contribution in [-0.4, -0.2) is 11.6 Å². The van der Waals surface area contributed by atoms with E-state index in [1.165, 1.54) is 38.5 Å². The fraction of sp³-hybridized carbons (Fsp3) is 1.00. The molecular formula is C10H14O2. The molecule has 0 radical (unpaired) electrons. The Kier molecular flexibility index (Phi) is 0.851. The van der Waals surface area contributed by atoms with Crippen LogP contribution in [-0.2, 0) is 9.47 Å². The van der Waals surface area contributed by atoms with Gasteiger partial charge in [-0.2, -0.15) is 0 Å². The molecule has 2 saturated heterocycles. The summed E-state index contributed by atoms with van der Waals surface area (Å²) in [5.41, 5.74) is 0. The molecule has 0 aromatic rings. The summed E-state index contributed by atoms with van der Waals surface area (Å²) in [6.07, 6.45) is 8.14. The largest absolute Gasteiger partial charge is 0.307 e. The van der Waals surface area contributed by atoms with Crippen molar-refractivity contribution in [3.63, 3.8) is 0 Å². The second-order valence-electron chi connectivity index (χ2n) is 4.81. The summed E-state index contributed by atoms with van der Waals surface area (Å²) in [4.78, 5) is 0. The topological polar surface area (TPSA) is 25.1 Å². The van der Waals surface area contributed by atoms with Gasteiger partial charge in [0.25, 0.3) is 0 Å². The average Bonchev–Trinajstić information content (AvgIpc) is 2.89. The minimum Gasteiger partial charge on any atom is -0.307 e. The van der Waals surface area contributed by atoms with E-state index in [0.29, 0.717) is 0 Å². The van der Waals surface area contributed by atoms with Gasteiger partial charge in [0.15, 0.2) is 0 Å². The van der Waals surface area contributed by atoms with E-state index in [0.717, 1.165) is 11.8 Å². The maximum atomic E-state index is 5.69. The summed E-state index contributed by atoms with van der Waals surface area (Å²) >= 11 is 0. The molecule has 2 atom stereocenters. The minimum absolute atomic E-state index is 0.0175. The zero-order valence-electron chi connectivity index (χ0n) is 7.21. The molecule has 0 bridgehead atoms. The van der Waals surface area contributed by atoms with Gasteiger partial charge in [0.1, 0.15) is 0 Å². The van der Waals surface area contributed by atoms with E-state index in [1.54, 1.807) is 0 Å². The smallest absolute Gasteiger partial charge is 0.232 e. The maximum absolute atomic E-state index is 5.69. The molecule has 2 aliphatic heterocycles. The van der Waals surface area contributed by atoms with E-state index in [9.17, 15) is 0 Å². The summed E-state index contributed by atoms with van der Waals surface area (Å²) in [6, 6.07) is 0. The van der Waals surface area contributed by atoms with Crippen LogP contribution in [0, 0.1) is 11.8 Å². The van der Waals surface area contributed by atoms with Gasteiger partial charge in [-0.3, -0.25) is 0 Å². The van der Waals surface area contributed by atoms with E-state index < -0.39 is 0 Å².